The number of ether oxygens (including phenoxy) is 1. The maximum absolute atomic E-state index is 9.50. The SMILES string of the molecule is CCc1ccc(Cc2cc(C3CCC(C#N)C(CO)O3)ccc2Cl)cc1. The molecule has 0 amide bonds. The van der Waals surface area contributed by atoms with Crippen molar-refractivity contribution in [3.8, 4) is 6.07 Å². The van der Waals surface area contributed by atoms with Gasteiger partial charge in [0.1, 0.15) is 0 Å². The van der Waals surface area contributed by atoms with E-state index >= 15 is 0 Å². The number of aliphatic hydroxyl groups excluding tert-OH is 1. The number of nitriles is 1. The Morgan fingerprint density at radius 2 is 1.88 bits per heavy atom. The minimum atomic E-state index is -0.417. The number of nitrogens with zero attached hydrogens (tertiary/aromatic N) is 1. The van der Waals surface area contributed by atoms with Gasteiger partial charge >= 0.3 is 0 Å². The Kier molecular flexibility index (Phi) is 6.32. The molecule has 2 aromatic rings. The summed E-state index contributed by atoms with van der Waals surface area (Å²) >= 11 is 6.42. The zero-order chi connectivity index (χ0) is 18.5. The molecular formula is C22H24ClNO2. The van der Waals surface area contributed by atoms with Gasteiger partial charge in [0.05, 0.1) is 30.8 Å². The Hall–Kier alpha value is -1.86. The van der Waals surface area contributed by atoms with Crippen LogP contribution in [-0.2, 0) is 17.6 Å². The van der Waals surface area contributed by atoms with Crippen LogP contribution in [-0.4, -0.2) is 17.8 Å². The summed E-state index contributed by atoms with van der Waals surface area (Å²) in [6.07, 6.45) is 2.80. The second kappa shape index (κ2) is 8.68. The van der Waals surface area contributed by atoms with E-state index in [1.807, 2.05) is 12.1 Å². The molecule has 26 heavy (non-hydrogen) atoms. The maximum Gasteiger partial charge on any atom is 0.0971 e. The Labute approximate surface area is 160 Å². The normalized spacial score (nSPS) is 22.8. The minimum absolute atomic E-state index is 0.102. The van der Waals surface area contributed by atoms with Crippen LogP contribution in [0.25, 0.3) is 0 Å². The van der Waals surface area contributed by atoms with Crippen LogP contribution in [0.5, 0.6) is 0 Å². The van der Waals surface area contributed by atoms with Crippen molar-refractivity contribution in [1.29, 1.82) is 5.26 Å². The lowest BCUT2D eigenvalue weighted by Gasteiger charge is -2.32. The Morgan fingerprint density at radius 1 is 1.15 bits per heavy atom. The van der Waals surface area contributed by atoms with E-state index in [4.69, 9.17) is 16.3 Å². The van der Waals surface area contributed by atoms with E-state index < -0.39 is 6.10 Å². The van der Waals surface area contributed by atoms with E-state index in [-0.39, 0.29) is 18.6 Å². The fourth-order valence-electron chi connectivity index (χ4n) is 3.50. The topological polar surface area (TPSA) is 53.2 Å². The maximum atomic E-state index is 9.50. The van der Waals surface area contributed by atoms with Gasteiger partial charge in [-0.15, -0.1) is 0 Å². The van der Waals surface area contributed by atoms with Crippen molar-refractivity contribution in [3.63, 3.8) is 0 Å². The van der Waals surface area contributed by atoms with Crippen LogP contribution in [0.15, 0.2) is 42.5 Å². The summed E-state index contributed by atoms with van der Waals surface area (Å²) in [4.78, 5) is 0. The smallest absolute Gasteiger partial charge is 0.0971 e. The Morgan fingerprint density at radius 3 is 2.54 bits per heavy atom. The molecule has 4 heteroatoms. The zero-order valence-corrected chi connectivity index (χ0v) is 15.7. The first-order valence-corrected chi connectivity index (χ1v) is 9.54. The van der Waals surface area contributed by atoms with Gasteiger partial charge in [0.15, 0.2) is 0 Å². The quantitative estimate of drug-likeness (QED) is 0.819. The second-order valence-electron chi connectivity index (χ2n) is 6.86. The van der Waals surface area contributed by atoms with Crippen LogP contribution in [0, 0.1) is 17.2 Å². The molecule has 1 saturated heterocycles. The molecule has 136 valence electrons. The number of halogens is 1. The number of hydrogen-bond donors (Lipinski definition) is 1. The number of aliphatic hydroxyl groups is 1. The van der Waals surface area contributed by atoms with Gasteiger partial charge in [0.2, 0.25) is 0 Å². The summed E-state index contributed by atoms with van der Waals surface area (Å²) in [6, 6.07) is 16.9. The van der Waals surface area contributed by atoms with E-state index in [1.54, 1.807) is 0 Å². The van der Waals surface area contributed by atoms with Gasteiger partial charge in [-0.05, 0) is 54.0 Å². The number of hydrogen-bond acceptors (Lipinski definition) is 3. The van der Waals surface area contributed by atoms with Crippen molar-refractivity contribution in [2.24, 2.45) is 5.92 Å². The molecule has 3 rings (SSSR count). The van der Waals surface area contributed by atoms with E-state index in [1.165, 1.54) is 11.1 Å². The lowest BCUT2D eigenvalue weighted by Crippen LogP contribution is -2.33. The van der Waals surface area contributed by atoms with E-state index in [0.29, 0.717) is 0 Å². The monoisotopic (exact) mass is 369 g/mol. The highest BCUT2D eigenvalue weighted by Crippen LogP contribution is 2.35. The highest BCUT2D eigenvalue weighted by molar-refractivity contribution is 6.31. The average Bonchev–Trinajstić information content (AvgIpc) is 2.69. The van der Waals surface area contributed by atoms with Gasteiger partial charge in [-0.1, -0.05) is 54.9 Å². The van der Waals surface area contributed by atoms with Gasteiger partial charge in [0, 0.05) is 5.02 Å². The molecular weight excluding hydrogens is 346 g/mol. The molecule has 3 unspecified atom stereocenters. The summed E-state index contributed by atoms with van der Waals surface area (Å²) in [5.41, 5.74) is 4.68. The molecule has 0 aromatic heterocycles. The minimum Gasteiger partial charge on any atom is -0.394 e. The van der Waals surface area contributed by atoms with Crippen molar-refractivity contribution in [1.82, 2.24) is 0 Å². The van der Waals surface area contributed by atoms with Gasteiger partial charge < -0.3 is 9.84 Å². The van der Waals surface area contributed by atoms with Crippen LogP contribution < -0.4 is 0 Å². The predicted molar refractivity (Wildman–Crippen MR) is 103 cm³/mol. The molecule has 1 aliphatic heterocycles. The summed E-state index contributed by atoms with van der Waals surface area (Å²) < 4.78 is 5.98. The number of rotatable bonds is 5. The summed E-state index contributed by atoms with van der Waals surface area (Å²) in [7, 11) is 0. The van der Waals surface area contributed by atoms with Gasteiger partial charge in [-0.2, -0.15) is 5.26 Å². The molecule has 1 fully saturated rings. The van der Waals surface area contributed by atoms with Crippen molar-refractivity contribution < 1.29 is 9.84 Å². The molecule has 0 radical (unpaired) electrons. The molecule has 0 saturated carbocycles. The molecule has 3 atom stereocenters. The summed E-state index contributed by atoms with van der Waals surface area (Å²) in [5.74, 6) is -0.236. The van der Waals surface area contributed by atoms with Crippen LogP contribution in [0.4, 0.5) is 0 Å². The summed E-state index contributed by atoms with van der Waals surface area (Å²) in [5, 5.41) is 19.4. The first-order valence-electron chi connectivity index (χ1n) is 9.16. The van der Waals surface area contributed by atoms with E-state index in [9.17, 15) is 10.4 Å². The third kappa shape index (κ3) is 4.27. The molecule has 1 N–H and O–H groups in total. The molecule has 1 heterocycles. The molecule has 1 aliphatic rings. The van der Waals surface area contributed by atoms with Crippen molar-refractivity contribution in [3.05, 3.63) is 69.7 Å². The Bertz CT molecular complexity index is 782. The summed E-state index contributed by atoms with van der Waals surface area (Å²) in [6.45, 7) is 2.02. The third-order valence-electron chi connectivity index (χ3n) is 5.14. The largest absolute Gasteiger partial charge is 0.394 e. The molecule has 0 spiro atoms. The fourth-order valence-corrected chi connectivity index (χ4v) is 3.68. The van der Waals surface area contributed by atoms with E-state index in [2.05, 4.69) is 43.3 Å². The first-order chi connectivity index (χ1) is 12.6. The van der Waals surface area contributed by atoms with Crippen molar-refractivity contribution in [2.45, 2.75) is 44.8 Å². The highest BCUT2D eigenvalue weighted by atomic mass is 35.5. The zero-order valence-electron chi connectivity index (χ0n) is 15.0. The fraction of sp³-hybridized carbons (Fsp3) is 0.409. The molecule has 0 aliphatic carbocycles. The molecule has 3 nitrogen and oxygen atoms in total. The highest BCUT2D eigenvalue weighted by Gasteiger charge is 2.31. The standard InChI is InChI=1S/C22H24ClNO2/c1-2-15-3-5-16(6-4-15)11-19-12-17(7-9-20(19)23)21-10-8-18(13-24)22(14-25)26-21/h3-7,9,12,18,21-22,25H,2,8,10-11,14H2,1H3. The van der Waals surface area contributed by atoms with Crippen molar-refractivity contribution in [2.75, 3.05) is 6.61 Å². The van der Waals surface area contributed by atoms with Crippen molar-refractivity contribution >= 4 is 11.6 Å². The number of benzene rings is 2. The van der Waals surface area contributed by atoms with Crippen LogP contribution >= 0.6 is 11.6 Å². The Balaban J connectivity index is 1.78. The van der Waals surface area contributed by atoms with Crippen LogP contribution in [0.2, 0.25) is 5.02 Å². The van der Waals surface area contributed by atoms with Gasteiger partial charge in [0.25, 0.3) is 0 Å². The molecule has 2 aromatic carbocycles. The predicted octanol–water partition coefficient (Wildman–Crippen LogP) is 4.85. The molecule has 0 bridgehead atoms. The van der Waals surface area contributed by atoms with Gasteiger partial charge in [-0.3, -0.25) is 0 Å². The lowest BCUT2D eigenvalue weighted by molar-refractivity contribution is -0.0925. The third-order valence-corrected chi connectivity index (χ3v) is 5.51. The lowest BCUT2D eigenvalue weighted by atomic mass is 9.89. The van der Waals surface area contributed by atoms with Gasteiger partial charge in [-0.25, -0.2) is 0 Å². The average molecular weight is 370 g/mol. The first kappa shape index (κ1) is 18.9. The van der Waals surface area contributed by atoms with Crippen LogP contribution in [0.1, 0.15) is 48.1 Å². The van der Waals surface area contributed by atoms with E-state index in [0.717, 1.165) is 41.8 Å². The number of aryl methyl sites for hydroxylation is 1. The second-order valence-corrected chi connectivity index (χ2v) is 7.26. The van der Waals surface area contributed by atoms with Crippen LogP contribution in [0.3, 0.4) is 0 Å².